The molecule has 42 heteroatoms. The van der Waals surface area contributed by atoms with Crippen molar-refractivity contribution in [1.82, 2.24) is 34.3 Å². The van der Waals surface area contributed by atoms with Crippen molar-refractivity contribution in [2.24, 2.45) is 0 Å². The maximum atomic E-state index is 12.3. The van der Waals surface area contributed by atoms with Gasteiger partial charge in [-0.05, 0) is 49.3 Å². The Morgan fingerprint density at radius 2 is 0.276 bits per heavy atom. The summed E-state index contributed by atoms with van der Waals surface area (Å²) in [7, 11) is 10.9. The molecule has 616 valence electrons. The van der Waals surface area contributed by atoms with Gasteiger partial charge in [0.2, 0.25) is 0 Å². The molecule has 35 atom stereocenters. The van der Waals surface area contributed by atoms with Crippen molar-refractivity contribution >= 4 is 0 Å². The molecule has 0 aromatic rings. The molecule has 0 unspecified atom stereocenters. The number of aliphatic hydroxyl groups is 21. The number of hydrogen-bond acceptors (Lipinski definition) is 42. The molecule has 21 heterocycles. The summed E-state index contributed by atoms with van der Waals surface area (Å²) < 4.78 is 89.1. The van der Waals surface area contributed by atoms with Gasteiger partial charge in [-0.25, -0.2) is 0 Å². The fourth-order valence-electron chi connectivity index (χ4n) is 14.4. The van der Waals surface area contributed by atoms with Gasteiger partial charge in [-0.15, -0.1) is 0 Å². The van der Waals surface area contributed by atoms with Crippen molar-refractivity contribution in [3.8, 4) is 0 Å². The van der Waals surface area contributed by atoms with Gasteiger partial charge in [0.05, 0.1) is 46.2 Å². The number of ether oxygens (including phenoxy) is 14. The van der Waals surface area contributed by atoms with Gasteiger partial charge in [-0.3, -0.25) is 0 Å². The van der Waals surface area contributed by atoms with Crippen molar-refractivity contribution in [1.29, 1.82) is 0 Å². The van der Waals surface area contributed by atoms with Crippen LogP contribution in [0.25, 0.3) is 0 Å². The molecular weight excluding hydrogens is 1410 g/mol. The summed E-state index contributed by atoms with van der Waals surface area (Å²) >= 11 is 0. The van der Waals surface area contributed by atoms with Gasteiger partial charge in [0.25, 0.3) is 0 Å². The summed E-state index contributed by atoms with van der Waals surface area (Å²) in [5.74, 6) is 0. The van der Waals surface area contributed by atoms with Crippen molar-refractivity contribution < 1.29 is 174 Å². The van der Waals surface area contributed by atoms with E-state index < -0.39 is 261 Å². The van der Waals surface area contributed by atoms with Crippen LogP contribution < -0.4 is 0 Å². The monoisotopic (exact) mass is 1530 g/mol. The lowest BCUT2D eigenvalue weighted by Crippen LogP contribution is -2.69. The second-order valence-electron chi connectivity index (χ2n) is 28.8. The van der Waals surface area contributed by atoms with Gasteiger partial charge >= 0.3 is 0 Å². The van der Waals surface area contributed by atoms with E-state index in [-0.39, 0.29) is 91.6 Å². The zero-order chi connectivity index (χ0) is 77.0. The van der Waals surface area contributed by atoms with Crippen molar-refractivity contribution in [2.75, 3.05) is 187 Å². The van der Waals surface area contributed by atoms with E-state index in [1.54, 1.807) is 49.3 Å². The first kappa shape index (κ1) is 88.9. The summed E-state index contributed by atoms with van der Waals surface area (Å²) in [5, 5.41) is 241. The minimum Gasteiger partial charge on any atom is -0.395 e. The van der Waals surface area contributed by atoms with Crippen LogP contribution in [0.2, 0.25) is 0 Å². The molecule has 0 aliphatic carbocycles. The van der Waals surface area contributed by atoms with E-state index in [0.29, 0.717) is 0 Å². The molecule has 21 N–H and O–H groups in total. The summed E-state index contributed by atoms with van der Waals surface area (Å²) in [6, 6.07) is 0. The van der Waals surface area contributed by atoms with Crippen LogP contribution in [0.5, 0.6) is 0 Å². The number of likely N-dealkylation sites (N-methyl/N-ethyl adjacent to an activating group) is 7. The van der Waals surface area contributed by atoms with E-state index in [2.05, 4.69) is 0 Å². The van der Waals surface area contributed by atoms with Gasteiger partial charge in [-0.1, -0.05) is 0 Å². The molecule has 21 aliphatic heterocycles. The first-order valence-corrected chi connectivity index (χ1v) is 35.7. The Hall–Kier alpha value is -1.68. The molecule has 0 amide bonds. The molecule has 0 radical (unpaired) electrons. The average molecular weight is 1530 g/mol. The van der Waals surface area contributed by atoms with Gasteiger partial charge in [0.15, 0.2) is 44.0 Å². The topological polar surface area (TPSA) is 577 Å². The highest BCUT2D eigenvalue weighted by Crippen LogP contribution is 2.40. The van der Waals surface area contributed by atoms with Gasteiger partial charge in [0, 0.05) is 91.6 Å². The zero-order valence-corrected chi connectivity index (χ0v) is 60.3. The van der Waals surface area contributed by atoms with Crippen molar-refractivity contribution in [3.63, 3.8) is 0 Å². The Bertz CT molecular complexity index is 2040. The standard InChI is InChI=1S/C63H119N7O35/c1-64(8-15-71)22-29-50-36(78)43(85)57(92-29)100-51-30(23-65(2)9-16-72)94-59(45(87)38(51)80)102-53-32(25-67(4)11-18-74)96-61(47(89)40(53)82)104-55-34(27-69(6)13-20-76)98-63(49(91)42(55)84)105-56-35(28-70(7)14-21-77)97-62(48(90)41(56)83)103-54-33(26-68(5)12-19-75)95-60(46(88)39(54)81)101-52-31(24-66(3)10-17-73)93-58(99-50)44(86)37(52)79/h29-63,71-91H,8-28H2,1-7H3/t29-,30-,31-,32-,33-,34-,35-,36-,37-,38-,39-,40-,41-,42-,43-,44-,45-,46-,47-,48-,49-,50-,51-,52-,53-,54-,55-,56-,57-,58-,59-,60-,61-,62-,63-/m1/s1. The van der Waals surface area contributed by atoms with Crippen LogP contribution in [-0.2, 0) is 66.3 Å². The number of aliphatic hydroxyl groups excluding tert-OH is 21. The molecule has 42 nitrogen and oxygen atoms in total. The van der Waals surface area contributed by atoms with Crippen LogP contribution in [0.1, 0.15) is 0 Å². The van der Waals surface area contributed by atoms with E-state index in [9.17, 15) is 107 Å². The lowest BCUT2D eigenvalue weighted by atomic mass is 9.94. The first-order valence-electron chi connectivity index (χ1n) is 35.7. The first-order chi connectivity index (χ1) is 49.9. The number of hydrogen-bond donors (Lipinski definition) is 21. The van der Waals surface area contributed by atoms with Crippen LogP contribution in [0.15, 0.2) is 0 Å². The lowest BCUT2D eigenvalue weighted by molar-refractivity contribution is -0.394. The Morgan fingerprint density at radius 1 is 0.171 bits per heavy atom. The minimum atomic E-state index is -2.15. The molecule has 21 fully saturated rings. The fourth-order valence-corrected chi connectivity index (χ4v) is 14.4. The third kappa shape index (κ3) is 22.2. The maximum Gasteiger partial charge on any atom is 0.187 e. The molecule has 0 aromatic carbocycles. The Kier molecular flexibility index (Phi) is 35.0. The summed E-state index contributed by atoms with van der Waals surface area (Å²) in [4.78, 5) is 10.8. The SMILES string of the molecule is CN(CCO)C[C@H]1O[C@@H]2O[C@H]3[C@H](O)[C@@H](O)[C@@H](O[C@H]4[C@H](O)[C@@H](O)[C@@H](O[C@H]5[C@H](O)[C@@H](O)[C@@H](O[C@H]6[C@H](O)[C@@H](O)[C@@H](O[C@H]7[C@H](O)[C@@H](O)[C@@H](O[C@H]8[C@H](O)[C@@H](O)[C@@H](O[C@H]1[C@H](O)[C@H]2O)O[C@@H]8CN(C)CCO)O[C@@H]7CN(C)CCO)O[C@@H]6CN(C)CCO)O[C@@H]5CN(C)CCO)O[C@@H]4CN(C)CCO)O[C@@H]3CN(C)CCO. The number of nitrogens with zero attached hydrogens (tertiary/aromatic N) is 7. The van der Waals surface area contributed by atoms with E-state index in [1.165, 1.54) is 34.3 Å². The van der Waals surface area contributed by atoms with Crippen LogP contribution in [0.4, 0.5) is 0 Å². The molecule has 0 saturated carbocycles. The predicted molar refractivity (Wildman–Crippen MR) is 351 cm³/mol. The average Bonchev–Trinajstić information content (AvgIpc) is 0.791. The zero-order valence-electron chi connectivity index (χ0n) is 60.3. The highest BCUT2D eigenvalue weighted by atomic mass is 16.8. The summed E-state index contributed by atoms with van der Waals surface area (Å²) in [6.45, 7) is -4.54. The molecule has 21 rings (SSSR count). The fraction of sp³-hybridized carbons (Fsp3) is 1.00. The van der Waals surface area contributed by atoms with Crippen LogP contribution in [0, 0.1) is 0 Å². The van der Waals surface area contributed by atoms with Gasteiger partial charge < -0.3 is 208 Å². The van der Waals surface area contributed by atoms with Crippen LogP contribution in [0.3, 0.4) is 0 Å². The van der Waals surface area contributed by atoms with Crippen molar-refractivity contribution in [2.45, 2.75) is 215 Å². The molecule has 105 heavy (non-hydrogen) atoms. The van der Waals surface area contributed by atoms with Crippen LogP contribution in [-0.4, -0.2) is 544 Å². The van der Waals surface area contributed by atoms with E-state index in [4.69, 9.17) is 66.3 Å². The third-order valence-electron chi connectivity index (χ3n) is 20.3. The van der Waals surface area contributed by atoms with E-state index in [1.807, 2.05) is 0 Å². The van der Waals surface area contributed by atoms with E-state index in [0.717, 1.165) is 0 Å². The molecule has 0 aromatic heterocycles. The lowest BCUT2D eigenvalue weighted by Gasteiger charge is -2.51. The highest BCUT2D eigenvalue weighted by molar-refractivity contribution is 5.04. The van der Waals surface area contributed by atoms with Gasteiger partial charge in [0.1, 0.15) is 171 Å². The molecule has 21 saturated heterocycles. The Morgan fingerprint density at radius 3 is 0.371 bits per heavy atom. The maximum absolute atomic E-state index is 12.3. The van der Waals surface area contributed by atoms with Gasteiger partial charge in [-0.2, -0.15) is 0 Å². The molecular formula is C63H119N7O35. The highest BCUT2D eigenvalue weighted by Gasteiger charge is 2.60. The third-order valence-corrected chi connectivity index (χ3v) is 20.3. The Labute approximate surface area is 608 Å². The minimum absolute atomic E-state index is 0.00912. The second-order valence-corrected chi connectivity index (χ2v) is 28.8. The van der Waals surface area contributed by atoms with Crippen LogP contribution >= 0.6 is 0 Å². The number of rotatable bonds is 28. The summed E-state index contributed by atoms with van der Waals surface area (Å²) in [6.07, 6.45) is -65.6. The molecule has 0 spiro atoms. The smallest absolute Gasteiger partial charge is 0.187 e. The quantitative estimate of drug-likeness (QED) is 0.0346. The van der Waals surface area contributed by atoms with E-state index >= 15 is 0 Å². The summed E-state index contributed by atoms with van der Waals surface area (Å²) in [5.41, 5.74) is 0. The predicted octanol–water partition coefficient (Wildman–Crippen LogP) is -15.7. The second kappa shape index (κ2) is 41.4. The Balaban J connectivity index is 1.22. The molecule has 21 aliphatic rings. The normalized spacial score (nSPS) is 44.2. The molecule has 14 bridgehead atoms. The van der Waals surface area contributed by atoms with Crippen molar-refractivity contribution in [3.05, 3.63) is 0 Å². The largest absolute Gasteiger partial charge is 0.395 e.